The molecule has 0 aromatic heterocycles. The lowest BCUT2D eigenvalue weighted by Crippen LogP contribution is -2.24. The Labute approximate surface area is 87.6 Å². The van der Waals surface area contributed by atoms with Crippen molar-refractivity contribution in [3.63, 3.8) is 0 Å². The first-order valence-electron chi connectivity index (χ1n) is 3.95. The lowest BCUT2D eigenvalue weighted by Gasteiger charge is -2.05. The van der Waals surface area contributed by atoms with Crippen LogP contribution in [-0.4, -0.2) is 17.2 Å². The van der Waals surface area contributed by atoms with Crippen LogP contribution in [0.1, 0.15) is 5.56 Å². The van der Waals surface area contributed by atoms with Gasteiger partial charge in [0, 0.05) is 12.0 Å². The van der Waals surface area contributed by atoms with Crippen molar-refractivity contribution in [2.24, 2.45) is 0 Å². The summed E-state index contributed by atoms with van der Waals surface area (Å²) in [4.78, 5) is 10.6. The number of carbonyl (C=O) groups is 1. The molecular weight excluding hydrogens is 255 g/mol. The Morgan fingerprint density at radius 1 is 1.64 bits per heavy atom. The van der Waals surface area contributed by atoms with Gasteiger partial charge in [-0.15, -0.1) is 0 Å². The van der Waals surface area contributed by atoms with Gasteiger partial charge in [0.25, 0.3) is 0 Å². The summed E-state index contributed by atoms with van der Waals surface area (Å²) < 4.78 is 18.5. The summed E-state index contributed by atoms with van der Waals surface area (Å²) >= 11 is 3.12. The van der Waals surface area contributed by atoms with Gasteiger partial charge in [-0.3, -0.25) is 0 Å². The molecule has 1 unspecified atom stereocenters. The summed E-state index contributed by atoms with van der Waals surface area (Å²) in [5, 5.41) is 8.71. The fourth-order valence-corrected chi connectivity index (χ4v) is 1.99. The first-order chi connectivity index (χ1) is 6.58. The average Bonchev–Trinajstić information content (AvgIpc) is 2.47. The monoisotopic (exact) mass is 260 g/mol. The minimum absolute atomic E-state index is 0.209. The van der Waals surface area contributed by atoms with E-state index in [1.54, 1.807) is 0 Å². The first kappa shape index (κ1) is 9.45. The van der Waals surface area contributed by atoms with E-state index in [2.05, 4.69) is 15.9 Å². The lowest BCUT2D eigenvalue weighted by atomic mass is 10.1. The smallest absolute Gasteiger partial charge is 0.345 e. The van der Waals surface area contributed by atoms with E-state index in [-0.39, 0.29) is 6.42 Å². The fraction of sp³-hybridized carbons (Fsp3) is 0.222. The predicted octanol–water partition coefficient (Wildman–Crippen LogP) is 1.98. The van der Waals surface area contributed by atoms with Gasteiger partial charge in [0.1, 0.15) is 11.6 Å². The highest BCUT2D eigenvalue weighted by molar-refractivity contribution is 9.10. The highest BCUT2D eigenvalue weighted by Gasteiger charge is 2.30. The number of hydrogen-bond donors (Lipinski definition) is 1. The molecular formula is C9H6BrFO3. The van der Waals surface area contributed by atoms with Crippen LogP contribution >= 0.6 is 15.9 Å². The van der Waals surface area contributed by atoms with E-state index in [1.165, 1.54) is 12.1 Å². The molecule has 1 N–H and O–H groups in total. The SMILES string of the molecule is O=C(O)C1Cc2cc(F)cc(Br)c2O1. The summed E-state index contributed by atoms with van der Waals surface area (Å²) in [6, 6.07) is 2.55. The van der Waals surface area contributed by atoms with Crippen molar-refractivity contribution >= 4 is 21.9 Å². The molecule has 0 amide bonds. The third kappa shape index (κ3) is 1.48. The molecule has 1 aromatic rings. The Bertz CT molecular complexity index is 405. The van der Waals surface area contributed by atoms with Crippen LogP contribution in [0.5, 0.6) is 5.75 Å². The molecule has 1 aliphatic heterocycles. The van der Waals surface area contributed by atoms with E-state index in [0.29, 0.717) is 15.8 Å². The quantitative estimate of drug-likeness (QED) is 0.840. The van der Waals surface area contributed by atoms with Gasteiger partial charge in [0.05, 0.1) is 4.47 Å². The van der Waals surface area contributed by atoms with Crippen LogP contribution in [0.15, 0.2) is 16.6 Å². The molecule has 0 radical (unpaired) electrons. The largest absolute Gasteiger partial charge is 0.478 e. The number of rotatable bonds is 1. The number of fused-ring (bicyclic) bond motifs is 1. The van der Waals surface area contributed by atoms with E-state index >= 15 is 0 Å². The summed E-state index contributed by atoms with van der Waals surface area (Å²) in [6.45, 7) is 0. The molecule has 0 saturated carbocycles. The van der Waals surface area contributed by atoms with Crippen molar-refractivity contribution in [2.75, 3.05) is 0 Å². The lowest BCUT2D eigenvalue weighted by molar-refractivity contribution is -0.144. The summed E-state index contributed by atoms with van der Waals surface area (Å²) in [5.41, 5.74) is 0.587. The van der Waals surface area contributed by atoms with Crippen LogP contribution in [0.25, 0.3) is 0 Å². The highest BCUT2D eigenvalue weighted by atomic mass is 79.9. The van der Waals surface area contributed by atoms with Gasteiger partial charge in [0.2, 0.25) is 0 Å². The zero-order chi connectivity index (χ0) is 10.3. The number of carboxylic acids is 1. The molecule has 1 heterocycles. The highest BCUT2D eigenvalue weighted by Crippen LogP contribution is 2.36. The van der Waals surface area contributed by atoms with Gasteiger partial charge < -0.3 is 9.84 Å². The standard InChI is InChI=1S/C9H6BrFO3/c10-6-3-5(11)1-4-2-7(9(12)13)14-8(4)6/h1,3,7H,2H2,(H,12,13). The molecule has 14 heavy (non-hydrogen) atoms. The summed E-state index contributed by atoms with van der Waals surface area (Å²) in [5.74, 6) is -1.00. The molecule has 5 heteroatoms. The number of aliphatic carboxylic acids is 1. The molecule has 1 aromatic carbocycles. The van der Waals surface area contributed by atoms with E-state index < -0.39 is 17.9 Å². The zero-order valence-electron chi connectivity index (χ0n) is 6.96. The van der Waals surface area contributed by atoms with Crippen LogP contribution in [0, 0.1) is 5.82 Å². The van der Waals surface area contributed by atoms with Gasteiger partial charge in [-0.05, 0) is 28.1 Å². The average molecular weight is 261 g/mol. The minimum atomic E-state index is -1.03. The van der Waals surface area contributed by atoms with Crippen molar-refractivity contribution < 1.29 is 19.0 Å². The van der Waals surface area contributed by atoms with Crippen LogP contribution < -0.4 is 4.74 Å². The Morgan fingerprint density at radius 2 is 2.36 bits per heavy atom. The molecule has 0 aliphatic carbocycles. The zero-order valence-corrected chi connectivity index (χ0v) is 8.54. The molecule has 0 bridgehead atoms. The van der Waals surface area contributed by atoms with Crippen molar-refractivity contribution in [2.45, 2.75) is 12.5 Å². The first-order valence-corrected chi connectivity index (χ1v) is 4.74. The van der Waals surface area contributed by atoms with Gasteiger partial charge in [-0.25, -0.2) is 9.18 Å². The van der Waals surface area contributed by atoms with Gasteiger partial charge >= 0.3 is 5.97 Å². The third-order valence-corrected chi connectivity index (χ3v) is 2.62. The molecule has 0 saturated heterocycles. The molecule has 1 atom stereocenters. The maximum absolute atomic E-state index is 12.9. The summed E-state index contributed by atoms with van der Waals surface area (Å²) in [6.07, 6.45) is -0.691. The number of hydrogen-bond acceptors (Lipinski definition) is 2. The van der Waals surface area contributed by atoms with E-state index in [4.69, 9.17) is 9.84 Å². The van der Waals surface area contributed by atoms with Crippen LogP contribution in [-0.2, 0) is 11.2 Å². The second-order valence-corrected chi connectivity index (χ2v) is 3.88. The van der Waals surface area contributed by atoms with Gasteiger partial charge in [-0.1, -0.05) is 0 Å². The molecule has 2 rings (SSSR count). The number of benzene rings is 1. The Kier molecular flexibility index (Phi) is 2.19. The van der Waals surface area contributed by atoms with Crippen molar-refractivity contribution in [1.29, 1.82) is 0 Å². The maximum atomic E-state index is 12.9. The Balaban J connectivity index is 2.39. The molecule has 1 aliphatic rings. The molecule has 3 nitrogen and oxygen atoms in total. The molecule has 74 valence electrons. The van der Waals surface area contributed by atoms with Gasteiger partial charge in [0.15, 0.2) is 6.10 Å². The Morgan fingerprint density at radius 3 is 3.00 bits per heavy atom. The molecule has 0 fully saturated rings. The number of halogens is 2. The predicted molar refractivity (Wildman–Crippen MR) is 49.9 cm³/mol. The van der Waals surface area contributed by atoms with Crippen LogP contribution in [0.4, 0.5) is 4.39 Å². The minimum Gasteiger partial charge on any atom is -0.478 e. The van der Waals surface area contributed by atoms with Crippen molar-refractivity contribution in [1.82, 2.24) is 0 Å². The fourth-order valence-electron chi connectivity index (χ4n) is 1.42. The Hall–Kier alpha value is -1.10. The van der Waals surface area contributed by atoms with Crippen molar-refractivity contribution in [3.8, 4) is 5.75 Å². The van der Waals surface area contributed by atoms with Crippen LogP contribution in [0.3, 0.4) is 0 Å². The van der Waals surface area contributed by atoms with Crippen LogP contribution in [0.2, 0.25) is 0 Å². The van der Waals surface area contributed by atoms with E-state index in [0.717, 1.165) is 0 Å². The van der Waals surface area contributed by atoms with Gasteiger partial charge in [-0.2, -0.15) is 0 Å². The topological polar surface area (TPSA) is 46.5 Å². The van der Waals surface area contributed by atoms with E-state index in [1.807, 2.05) is 0 Å². The van der Waals surface area contributed by atoms with Crippen molar-refractivity contribution in [3.05, 3.63) is 28.0 Å². The molecule has 0 spiro atoms. The normalized spacial score (nSPS) is 18.9. The second kappa shape index (κ2) is 3.24. The third-order valence-electron chi connectivity index (χ3n) is 2.03. The number of ether oxygens (including phenoxy) is 1. The van der Waals surface area contributed by atoms with E-state index in [9.17, 15) is 9.18 Å². The maximum Gasteiger partial charge on any atom is 0.345 e. The second-order valence-electron chi connectivity index (χ2n) is 3.02. The number of carboxylic acid groups (broad SMARTS) is 1. The summed E-state index contributed by atoms with van der Waals surface area (Å²) in [7, 11) is 0.